The summed E-state index contributed by atoms with van der Waals surface area (Å²) in [6.45, 7) is 4.48. The summed E-state index contributed by atoms with van der Waals surface area (Å²) in [5.74, 6) is -0.736. The highest BCUT2D eigenvalue weighted by molar-refractivity contribution is 7.47. The average Bonchev–Trinajstić information content (AvgIpc) is 3.35. The molecule has 0 bridgehead atoms. The molecule has 1 aliphatic heterocycles. The van der Waals surface area contributed by atoms with Crippen molar-refractivity contribution in [3.63, 3.8) is 0 Å². The van der Waals surface area contributed by atoms with Crippen LogP contribution in [0.25, 0.3) is 0 Å². The molecule has 0 aromatic rings. The molecule has 1 saturated heterocycles. The summed E-state index contributed by atoms with van der Waals surface area (Å²) >= 11 is 0. The zero-order chi connectivity index (χ0) is 52.4. The minimum absolute atomic E-state index is 0.0914. The molecule has 0 radical (unpaired) electrons. The fourth-order valence-corrected chi connectivity index (χ4v) is 9.83. The zero-order valence-electron chi connectivity index (χ0n) is 43.2. The summed E-state index contributed by atoms with van der Waals surface area (Å²) in [5.41, 5.74) is 0. The molecule has 1 aliphatic carbocycles. The van der Waals surface area contributed by atoms with E-state index in [4.69, 9.17) is 28.0 Å². The predicted octanol–water partition coefficient (Wildman–Crippen LogP) is 6.91. The molecule has 0 aromatic heterocycles. The number of allylic oxidation sites excluding steroid dienone is 3. The van der Waals surface area contributed by atoms with Gasteiger partial charge >= 0.3 is 19.8 Å². The van der Waals surface area contributed by atoms with Gasteiger partial charge in [0.1, 0.15) is 67.6 Å². The molecule has 71 heavy (non-hydrogen) atoms. The fourth-order valence-electron chi connectivity index (χ4n) is 8.86. The molecule has 2 aliphatic rings. The van der Waals surface area contributed by atoms with Gasteiger partial charge in [-0.05, 0) is 25.2 Å². The van der Waals surface area contributed by atoms with E-state index in [-0.39, 0.29) is 6.42 Å². The van der Waals surface area contributed by atoms with Gasteiger partial charge in [0.15, 0.2) is 12.4 Å². The molecule has 2 fully saturated rings. The van der Waals surface area contributed by atoms with Crippen molar-refractivity contribution in [1.82, 2.24) is 0 Å². The normalized spacial score (nSPS) is 27.7. The van der Waals surface area contributed by atoms with Crippen molar-refractivity contribution in [2.24, 2.45) is 5.92 Å². The number of rotatable bonds is 41. The number of carbonyl (C=O) groups is 2. The summed E-state index contributed by atoms with van der Waals surface area (Å²) in [6.07, 6.45) is 13.2. The molecule has 416 valence electrons. The van der Waals surface area contributed by atoms with Gasteiger partial charge in [-0.2, -0.15) is 0 Å². The highest BCUT2D eigenvalue weighted by atomic mass is 31.2. The molecular formula is C52H95O18P. The first kappa shape index (κ1) is 65.2. The Morgan fingerprint density at radius 3 is 1.65 bits per heavy atom. The van der Waals surface area contributed by atoms with Crippen molar-refractivity contribution >= 4 is 19.8 Å². The third-order valence-corrected chi connectivity index (χ3v) is 14.4. The number of hydrogen-bond acceptors (Lipinski definition) is 17. The van der Waals surface area contributed by atoms with Crippen LogP contribution in [0.15, 0.2) is 24.3 Å². The van der Waals surface area contributed by atoms with Crippen LogP contribution in [0.5, 0.6) is 0 Å². The van der Waals surface area contributed by atoms with Crippen LogP contribution < -0.4 is 0 Å². The van der Waals surface area contributed by atoms with E-state index in [1.807, 2.05) is 6.08 Å². The lowest BCUT2D eigenvalue weighted by Gasteiger charge is -2.47. The number of esters is 2. The minimum atomic E-state index is -5.40. The van der Waals surface area contributed by atoms with Gasteiger partial charge in [-0.1, -0.05) is 187 Å². The molecule has 9 N–H and O–H groups in total. The molecule has 1 saturated carbocycles. The Balaban J connectivity index is 1.97. The molecule has 14 atom stereocenters. The van der Waals surface area contributed by atoms with Crippen LogP contribution in [0.1, 0.15) is 194 Å². The van der Waals surface area contributed by atoms with Gasteiger partial charge in [0.2, 0.25) is 0 Å². The topological polar surface area (TPSA) is 289 Å². The van der Waals surface area contributed by atoms with Crippen molar-refractivity contribution in [1.29, 1.82) is 0 Å². The number of carbonyl (C=O) groups excluding carboxylic acids is 2. The Morgan fingerprint density at radius 2 is 1.10 bits per heavy atom. The third-order valence-electron chi connectivity index (χ3n) is 13.4. The number of ether oxygens (including phenoxy) is 4. The molecular weight excluding hydrogens is 944 g/mol. The monoisotopic (exact) mass is 1040 g/mol. The molecule has 0 amide bonds. The molecule has 1 heterocycles. The van der Waals surface area contributed by atoms with E-state index < -0.39 is 113 Å². The fraction of sp³-hybridized carbons (Fsp3) is 0.885. The second-order valence-corrected chi connectivity index (χ2v) is 21.2. The lowest BCUT2D eigenvalue weighted by molar-refractivity contribution is -0.338. The van der Waals surface area contributed by atoms with Crippen molar-refractivity contribution in [3.05, 3.63) is 24.3 Å². The first-order valence-electron chi connectivity index (χ1n) is 27.1. The largest absolute Gasteiger partial charge is 0.472 e. The van der Waals surface area contributed by atoms with Gasteiger partial charge in [0, 0.05) is 12.5 Å². The van der Waals surface area contributed by atoms with E-state index in [0.29, 0.717) is 6.42 Å². The molecule has 0 aromatic carbocycles. The molecule has 2 rings (SSSR count). The Labute approximate surface area is 424 Å². The minimum Gasteiger partial charge on any atom is -0.462 e. The molecule has 0 spiro atoms. The average molecular weight is 1040 g/mol. The number of unbranched alkanes of at least 4 members (excludes halogenated alkanes) is 21. The summed E-state index contributed by atoms with van der Waals surface area (Å²) in [5, 5.41) is 83.0. The number of phosphoric acid groups is 1. The van der Waals surface area contributed by atoms with Gasteiger partial charge < -0.3 is 64.7 Å². The molecule has 14 unspecified atom stereocenters. The highest BCUT2D eigenvalue weighted by Gasteiger charge is 2.55. The van der Waals surface area contributed by atoms with Crippen LogP contribution in [0.3, 0.4) is 0 Å². The Kier molecular flexibility index (Phi) is 35.5. The maximum absolute atomic E-state index is 13.4. The maximum atomic E-state index is 13.4. The van der Waals surface area contributed by atoms with Gasteiger partial charge in [0.05, 0.1) is 13.2 Å². The van der Waals surface area contributed by atoms with Crippen molar-refractivity contribution in [3.8, 4) is 0 Å². The van der Waals surface area contributed by atoms with Gasteiger partial charge in [-0.15, -0.1) is 0 Å². The summed E-state index contributed by atoms with van der Waals surface area (Å²) < 4.78 is 45.4. The molecule has 19 heteroatoms. The summed E-state index contributed by atoms with van der Waals surface area (Å²) in [6, 6.07) is 0. The van der Waals surface area contributed by atoms with Crippen LogP contribution in [0.2, 0.25) is 0 Å². The van der Waals surface area contributed by atoms with Gasteiger partial charge in [0.25, 0.3) is 0 Å². The van der Waals surface area contributed by atoms with E-state index in [1.54, 1.807) is 6.08 Å². The second-order valence-electron chi connectivity index (χ2n) is 19.8. The van der Waals surface area contributed by atoms with Crippen LogP contribution in [-0.2, 0) is 42.1 Å². The standard InChI is InChI=1S/C52H95O18P/c1-4-6-8-10-12-13-14-15-16-17-18-19-20-26-30-34-42(55)67-39(36-65-41(54)33-29-25-22-21-24-28-32-38(3)31-27-23-11-9-7-5-2)37-66-71(63,64)70-51-48(61)46(59)45(58)47(60)50(51)69-52-49(62)44(57)43(56)40(35-53)68-52/h20,26,30,34,38-40,43-53,56-62H,4-19,21-25,27-29,31-33,35-37H2,1-3H3,(H,63,64). The number of phosphoric ester groups is 1. The van der Waals surface area contributed by atoms with Crippen LogP contribution in [0, 0.1) is 5.92 Å². The number of aliphatic hydroxyl groups is 8. The number of aliphatic hydroxyl groups excluding tert-OH is 8. The highest BCUT2D eigenvalue weighted by Crippen LogP contribution is 2.48. The maximum Gasteiger partial charge on any atom is 0.472 e. The smallest absolute Gasteiger partial charge is 0.462 e. The lowest BCUT2D eigenvalue weighted by atomic mass is 9.84. The van der Waals surface area contributed by atoms with E-state index in [9.17, 15) is 59.9 Å². The van der Waals surface area contributed by atoms with E-state index in [1.165, 1.54) is 122 Å². The van der Waals surface area contributed by atoms with Crippen LogP contribution in [0.4, 0.5) is 0 Å². The molecule has 18 nitrogen and oxygen atoms in total. The predicted molar refractivity (Wildman–Crippen MR) is 268 cm³/mol. The van der Waals surface area contributed by atoms with Crippen molar-refractivity contribution in [2.75, 3.05) is 19.8 Å². The second kappa shape index (κ2) is 38.6. The first-order chi connectivity index (χ1) is 34.1. The lowest BCUT2D eigenvalue weighted by Crippen LogP contribution is -2.67. The van der Waals surface area contributed by atoms with Crippen molar-refractivity contribution in [2.45, 2.75) is 268 Å². The SMILES string of the molecule is CCCCCCCCCCCCCC=CC=CC(=O)OC(COC(=O)CCCCCCCCC(C)CCCCCCCC)COP(=O)(O)OC1C(O)C(O)C(O)C(O)C1OC1OC(CO)C(O)C(O)C1O. The Hall–Kier alpha value is -1.87. The third kappa shape index (κ3) is 27.5. The first-order valence-corrected chi connectivity index (χ1v) is 28.6. The van der Waals surface area contributed by atoms with Crippen LogP contribution >= 0.6 is 7.82 Å². The van der Waals surface area contributed by atoms with Gasteiger partial charge in [-0.25, -0.2) is 9.36 Å². The van der Waals surface area contributed by atoms with E-state index in [2.05, 4.69) is 20.8 Å². The van der Waals surface area contributed by atoms with E-state index in [0.717, 1.165) is 56.9 Å². The van der Waals surface area contributed by atoms with Gasteiger partial charge in [-0.3, -0.25) is 13.8 Å². The van der Waals surface area contributed by atoms with Crippen molar-refractivity contribution < 1.29 is 87.9 Å². The quantitative estimate of drug-likeness (QED) is 0.00989. The number of hydrogen-bond donors (Lipinski definition) is 9. The zero-order valence-corrected chi connectivity index (χ0v) is 44.1. The summed E-state index contributed by atoms with van der Waals surface area (Å²) in [7, 11) is -5.40. The Bertz CT molecular complexity index is 1480. The summed E-state index contributed by atoms with van der Waals surface area (Å²) in [4.78, 5) is 36.5. The Morgan fingerprint density at radius 1 is 0.606 bits per heavy atom. The van der Waals surface area contributed by atoms with E-state index >= 15 is 0 Å². The van der Waals surface area contributed by atoms with Crippen LogP contribution in [-0.4, -0.2) is 151 Å².